The summed E-state index contributed by atoms with van der Waals surface area (Å²) < 4.78 is 0. The van der Waals surface area contributed by atoms with Crippen molar-refractivity contribution in [2.75, 3.05) is 39.3 Å². The van der Waals surface area contributed by atoms with Crippen molar-refractivity contribution >= 4 is 73.5 Å². The summed E-state index contributed by atoms with van der Waals surface area (Å²) in [4.78, 5) is 107. The predicted molar refractivity (Wildman–Crippen MR) is 237 cm³/mol. The molecule has 0 aliphatic heterocycles. The molecule has 24 nitrogen and oxygen atoms in total. The molecule has 0 bridgehead atoms. The quantitative estimate of drug-likeness (QED) is 0.0187. The van der Waals surface area contributed by atoms with Crippen LogP contribution in [0.25, 0.3) is 0 Å². The van der Waals surface area contributed by atoms with Crippen LogP contribution in [0.5, 0.6) is 11.5 Å². The first kappa shape index (κ1) is 62.6. The van der Waals surface area contributed by atoms with Gasteiger partial charge in [0, 0.05) is 78.0 Å². The summed E-state index contributed by atoms with van der Waals surface area (Å²) in [7, 11) is 0. The van der Waals surface area contributed by atoms with Crippen molar-refractivity contribution in [1.29, 1.82) is 0 Å². The summed E-state index contributed by atoms with van der Waals surface area (Å²) in [6.45, 7) is -0.999. The molecule has 0 saturated heterocycles. The molecule has 2 aromatic carbocycles. The zero-order valence-corrected chi connectivity index (χ0v) is 40.5. The molecule has 11 N–H and O–H groups in total. The van der Waals surface area contributed by atoms with Gasteiger partial charge in [-0.15, -0.1) is 11.5 Å². The molecule has 0 aliphatic carbocycles. The monoisotopic (exact) mass is 1030 g/mol. The van der Waals surface area contributed by atoms with Gasteiger partial charge in [0.05, 0.1) is 11.9 Å². The number of carboxylic acid groups (broad SMARTS) is 6. The van der Waals surface area contributed by atoms with Crippen molar-refractivity contribution in [3.63, 3.8) is 0 Å². The van der Waals surface area contributed by atoms with E-state index in [0.717, 1.165) is 0 Å². The molecule has 0 saturated carbocycles. The fourth-order valence-electron chi connectivity index (χ4n) is 6.72. The maximum absolute atomic E-state index is 12.8. The molecule has 0 radical (unpaired) electrons. The smallest absolute Gasteiger partial charge is 0.872 e. The van der Waals surface area contributed by atoms with Crippen LogP contribution < -0.4 is 41.7 Å². The van der Waals surface area contributed by atoms with E-state index in [9.17, 15) is 68.7 Å². The Morgan fingerprint density at radius 1 is 0.551 bits per heavy atom. The van der Waals surface area contributed by atoms with Gasteiger partial charge in [-0.1, -0.05) is 42.8 Å². The third-order valence-electron chi connectivity index (χ3n) is 10.2. The molecule has 378 valence electrons. The van der Waals surface area contributed by atoms with Crippen LogP contribution in [-0.4, -0.2) is 155 Å². The number of amides is 4. The number of unbranched alkanes of at least 4 members (excludes halogenated alkanes) is 3. The Kier molecular flexibility index (Phi) is 30.8. The first-order chi connectivity index (χ1) is 31.7. The Morgan fingerprint density at radius 3 is 1.43 bits per heavy atom. The second-order valence-electron chi connectivity index (χ2n) is 15.8. The number of carbonyl (C=O) groups excluding carboxylic acids is 5. The second kappa shape index (κ2) is 34.0. The third kappa shape index (κ3) is 27.9. The Labute approximate surface area is 410 Å². The number of nitrogens with one attached hydrogen (secondary N) is 4. The Morgan fingerprint density at radius 2 is 0.986 bits per heavy atom. The van der Waals surface area contributed by atoms with Crippen LogP contribution >= 0.6 is 0 Å². The Hall–Kier alpha value is -6.41. The van der Waals surface area contributed by atoms with Crippen LogP contribution in [-0.2, 0) is 69.8 Å². The van der Waals surface area contributed by atoms with Crippen molar-refractivity contribution in [3.8, 4) is 11.5 Å². The van der Waals surface area contributed by atoms with Crippen molar-refractivity contribution in [3.05, 3.63) is 58.7 Å². The molecular weight excluding hydrogens is 970 g/mol. The summed E-state index contributed by atoms with van der Waals surface area (Å²) in [5.41, 5.74) is 1.65. The van der Waals surface area contributed by atoms with E-state index in [1.807, 2.05) is 5.32 Å². The average Bonchev–Trinajstić information content (AvgIpc) is 3.24. The average molecular weight is 1030 g/mol. The number of aliphatic carboxylic acids is 6. The molecule has 2 atom stereocenters. The van der Waals surface area contributed by atoms with E-state index < -0.39 is 85.6 Å². The summed E-state index contributed by atoms with van der Waals surface area (Å²) in [6.07, 6.45) is 2.04. The molecule has 0 aromatic heterocycles. The number of nitrogens with zero attached hydrogens (tertiary/aromatic N) is 2. The zero-order chi connectivity index (χ0) is 49.9. The van der Waals surface area contributed by atoms with Gasteiger partial charge in [0.25, 0.3) is 0 Å². The number of benzene rings is 2. The molecule has 25 heteroatoms. The van der Waals surface area contributed by atoms with E-state index in [1.54, 1.807) is 12.1 Å². The van der Waals surface area contributed by atoms with E-state index in [-0.39, 0.29) is 125 Å². The maximum Gasteiger partial charge on any atom is 3.00 e. The molecule has 4 amide bonds. The van der Waals surface area contributed by atoms with Crippen LogP contribution in [0.3, 0.4) is 0 Å². The van der Waals surface area contributed by atoms with Crippen LogP contribution in [0.1, 0.15) is 92.9 Å². The van der Waals surface area contributed by atoms with Crippen molar-refractivity contribution < 1.29 is 89.5 Å². The van der Waals surface area contributed by atoms with Crippen molar-refractivity contribution in [2.24, 2.45) is 0 Å². The minimum Gasteiger partial charge on any atom is -0.872 e. The second-order valence-corrected chi connectivity index (χ2v) is 15.8. The van der Waals surface area contributed by atoms with Gasteiger partial charge in [-0.25, -0.2) is 14.4 Å². The third-order valence-corrected chi connectivity index (χ3v) is 10.2. The van der Waals surface area contributed by atoms with Gasteiger partial charge in [-0.2, -0.15) is 0 Å². The van der Waals surface area contributed by atoms with E-state index >= 15 is 0 Å². The molecule has 0 aliphatic rings. The van der Waals surface area contributed by atoms with Gasteiger partial charge < -0.3 is 77.2 Å². The van der Waals surface area contributed by atoms with E-state index in [2.05, 4.69) is 16.0 Å². The number of carbonyl (C=O) groups is 9. The molecule has 0 spiro atoms. The van der Waals surface area contributed by atoms with Gasteiger partial charge in [0.2, 0.25) is 11.8 Å². The number of hydrogen-bond donors (Lipinski definition) is 8. The Balaban J connectivity index is 0.0000231. The maximum atomic E-state index is 12.8. The molecule has 0 heterocycles. The van der Waals surface area contributed by atoms with Gasteiger partial charge in [0.1, 0.15) is 12.1 Å². The van der Waals surface area contributed by atoms with Crippen LogP contribution in [0.4, 0.5) is 4.79 Å². The Bertz CT molecular complexity index is 2020. The normalized spacial score (nSPS) is 11.6. The van der Waals surface area contributed by atoms with Gasteiger partial charge in [-0.05, 0) is 73.6 Å². The molecule has 0 unspecified atom stereocenters. The minimum atomic E-state index is -1.52. The summed E-state index contributed by atoms with van der Waals surface area (Å²) in [5, 5.41) is 94.6. The molecule has 69 heavy (non-hydrogen) atoms. The number of hydrogen-bond acceptors (Lipinski definition) is 15. The van der Waals surface area contributed by atoms with Gasteiger partial charge in [0.15, 0.2) is 0 Å². The summed E-state index contributed by atoms with van der Waals surface area (Å²) in [5.74, 6) is -9.28. The fourth-order valence-corrected chi connectivity index (χ4v) is 6.72. The number of aryl methyl sites for hydroxylation is 2. The summed E-state index contributed by atoms with van der Waals surface area (Å²) >= 11 is 0. The van der Waals surface area contributed by atoms with Crippen molar-refractivity contribution in [2.45, 2.75) is 109 Å². The molecule has 0 fully saturated rings. The SMILES string of the molecule is O=C([O-])CN(CCN(CC(=O)[O-])Cc1cc(CCC(=O)NCCCCCC(=O)NCCCC[C@H](NC(=O)N[C@@H](CCC(=O)O)C(=O)O)C(=O)O)ccc1[O-])Cc1cc(CCC(=O)O)ccc1[O-].[Ga+3].[OH3+]. The van der Waals surface area contributed by atoms with E-state index in [0.29, 0.717) is 49.8 Å². The van der Waals surface area contributed by atoms with Crippen LogP contribution in [0, 0.1) is 0 Å². The number of urea groups is 1. The van der Waals surface area contributed by atoms with E-state index in [1.165, 1.54) is 34.1 Å². The first-order valence-electron chi connectivity index (χ1n) is 21.6. The fraction of sp³-hybridized carbons (Fsp3) is 0.523. The largest absolute Gasteiger partial charge is 3.00 e. The number of carboxylic acids is 6. The van der Waals surface area contributed by atoms with Crippen LogP contribution in [0.15, 0.2) is 36.4 Å². The first-order valence-corrected chi connectivity index (χ1v) is 21.6. The standard InChI is InChI=1S/C44H62N6O17.Ga.H2O/c51-34-13-8-28(22-30(34)24-49(26-40(59)60)20-21-50(27-41(61)62)25-31-23-29(9-14-35(31)52)11-16-38(55)56)10-15-37(54)46-18-4-1-2-7-36(53)45-19-5-3-6-32(42(63)64)47-44(67)48-33(43(65)66)12-17-39(57)58;;/h8-9,13-14,22-23,32-33,51-52H,1-7,10-12,15-21,24-27H2,(H,45,53)(H,46,54)(H,55,56)(H,57,58)(H,59,60)(H,61,62)(H,63,64)(H,65,66)(H2,47,48,67);;1H2/q;+3;/p-3/t32-,33-;;/m0../s1. The topological polar surface area (TPSA) is 414 Å². The summed E-state index contributed by atoms with van der Waals surface area (Å²) in [6, 6.07) is 4.73. The van der Waals surface area contributed by atoms with Gasteiger partial charge in [-0.3, -0.25) is 29.0 Å². The predicted octanol–water partition coefficient (Wildman–Crippen LogP) is -3.68. The zero-order valence-electron chi connectivity index (χ0n) is 38.1. The number of rotatable bonds is 35. The van der Waals surface area contributed by atoms with E-state index in [4.69, 9.17) is 15.3 Å². The van der Waals surface area contributed by atoms with Gasteiger partial charge >= 0.3 is 49.7 Å². The molecular formula is C44H61GaN6O18. The molecule has 2 aromatic rings. The molecule has 2 rings (SSSR count). The van der Waals surface area contributed by atoms with Crippen molar-refractivity contribution in [1.82, 2.24) is 31.1 Å². The minimum absolute atomic E-state index is 0. The van der Waals surface area contributed by atoms with Crippen LogP contribution in [0.2, 0.25) is 0 Å².